The quantitative estimate of drug-likeness (QED) is 0.604. The van der Waals surface area contributed by atoms with Gasteiger partial charge in [-0.3, -0.25) is 4.79 Å². The van der Waals surface area contributed by atoms with Gasteiger partial charge in [0, 0.05) is 9.26 Å². The number of nitrogens with one attached hydrogen (secondary N) is 2. The third-order valence-electron chi connectivity index (χ3n) is 3.27. The van der Waals surface area contributed by atoms with Gasteiger partial charge >= 0.3 is 0 Å². The van der Waals surface area contributed by atoms with Gasteiger partial charge < -0.3 is 10.1 Å². The molecule has 0 aromatic heterocycles. The molecule has 0 unspecified atom stereocenters. The molecular formula is C16H16ClIN2O4S. The Morgan fingerprint density at radius 1 is 1.20 bits per heavy atom. The van der Waals surface area contributed by atoms with E-state index in [2.05, 4.69) is 32.6 Å². The summed E-state index contributed by atoms with van der Waals surface area (Å²) in [6, 6.07) is 10.3. The number of rotatable bonds is 6. The second-order valence-electron chi connectivity index (χ2n) is 5.14. The molecule has 134 valence electrons. The minimum Gasteiger partial charge on any atom is -0.495 e. The summed E-state index contributed by atoms with van der Waals surface area (Å²) < 4.78 is 33.2. The summed E-state index contributed by atoms with van der Waals surface area (Å²) in [6.45, 7) is 1.46. The van der Waals surface area contributed by atoms with Crippen LogP contribution in [0, 0.1) is 3.57 Å². The molecule has 0 aliphatic rings. The maximum absolute atomic E-state index is 12.4. The Labute approximate surface area is 165 Å². The van der Waals surface area contributed by atoms with E-state index >= 15 is 0 Å². The second-order valence-corrected chi connectivity index (χ2v) is 8.50. The first-order chi connectivity index (χ1) is 11.7. The maximum Gasteiger partial charge on any atom is 0.242 e. The zero-order valence-electron chi connectivity index (χ0n) is 13.4. The van der Waals surface area contributed by atoms with Crippen LogP contribution in [0.2, 0.25) is 5.02 Å². The molecule has 2 aromatic rings. The summed E-state index contributed by atoms with van der Waals surface area (Å²) in [5, 5.41) is 2.83. The van der Waals surface area contributed by atoms with Gasteiger partial charge in [0.1, 0.15) is 5.75 Å². The molecule has 0 bridgehead atoms. The largest absolute Gasteiger partial charge is 0.495 e. The van der Waals surface area contributed by atoms with Crippen LogP contribution in [0.1, 0.15) is 6.92 Å². The molecule has 0 heterocycles. The number of carbonyl (C=O) groups is 1. The van der Waals surface area contributed by atoms with E-state index in [1.54, 1.807) is 12.1 Å². The van der Waals surface area contributed by atoms with Crippen molar-refractivity contribution >= 4 is 55.8 Å². The normalized spacial score (nSPS) is 12.5. The van der Waals surface area contributed by atoms with Crippen LogP contribution >= 0.6 is 34.2 Å². The predicted molar refractivity (Wildman–Crippen MR) is 106 cm³/mol. The van der Waals surface area contributed by atoms with Crippen LogP contribution in [-0.2, 0) is 14.8 Å². The lowest BCUT2D eigenvalue weighted by Crippen LogP contribution is -2.41. The van der Waals surface area contributed by atoms with Crippen LogP contribution in [0.15, 0.2) is 47.4 Å². The van der Waals surface area contributed by atoms with E-state index in [1.807, 2.05) is 12.1 Å². The van der Waals surface area contributed by atoms with Crippen molar-refractivity contribution in [3.05, 3.63) is 51.1 Å². The Morgan fingerprint density at radius 2 is 1.84 bits per heavy atom. The van der Waals surface area contributed by atoms with Gasteiger partial charge in [0.05, 0.1) is 23.1 Å². The van der Waals surface area contributed by atoms with Crippen molar-refractivity contribution in [3.63, 3.8) is 0 Å². The monoisotopic (exact) mass is 494 g/mol. The molecule has 2 rings (SSSR count). The van der Waals surface area contributed by atoms with Crippen molar-refractivity contribution in [3.8, 4) is 5.75 Å². The third kappa shape index (κ3) is 5.30. The number of hydrogen-bond donors (Lipinski definition) is 2. The fourth-order valence-electron chi connectivity index (χ4n) is 1.95. The molecule has 0 saturated heterocycles. The number of sulfonamides is 1. The molecule has 0 saturated carbocycles. The number of carbonyl (C=O) groups excluding carboxylic acids is 1. The highest BCUT2D eigenvalue weighted by Gasteiger charge is 2.23. The van der Waals surface area contributed by atoms with E-state index in [0.29, 0.717) is 11.4 Å². The lowest BCUT2D eigenvalue weighted by atomic mass is 10.3. The van der Waals surface area contributed by atoms with Crippen LogP contribution in [-0.4, -0.2) is 27.5 Å². The molecule has 6 nitrogen and oxygen atoms in total. The molecule has 1 amide bonds. The number of halogens is 2. The summed E-state index contributed by atoms with van der Waals surface area (Å²) in [5.41, 5.74) is 0.587. The first kappa shape index (κ1) is 20.0. The predicted octanol–water partition coefficient (Wildman–Crippen LogP) is 3.26. The Kier molecular flexibility index (Phi) is 6.66. The topological polar surface area (TPSA) is 84.5 Å². The number of hydrogen-bond acceptors (Lipinski definition) is 4. The Morgan fingerprint density at radius 3 is 2.40 bits per heavy atom. The molecule has 0 radical (unpaired) electrons. The standard InChI is InChI=1S/C16H16ClIN2O4S/c1-10(16(21)19-12-5-3-11(18)4-6-12)20-25(22,23)13-7-8-15(24-2)14(17)9-13/h3-10,20H,1-2H3,(H,19,21)/t10-/m0/s1. The molecule has 0 aliphatic heterocycles. The van der Waals surface area contributed by atoms with Gasteiger partial charge in [0.15, 0.2) is 0 Å². The number of ether oxygens (including phenoxy) is 1. The van der Waals surface area contributed by atoms with E-state index in [9.17, 15) is 13.2 Å². The number of methoxy groups -OCH3 is 1. The van der Waals surface area contributed by atoms with Gasteiger partial charge in [-0.1, -0.05) is 11.6 Å². The second kappa shape index (κ2) is 8.35. The van der Waals surface area contributed by atoms with Crippen LogP contribution in [0.3, 0.4) is 0 Å². The van der Waals surface area contributed by atoms with E-state index in [-0.39, 0.29) is 9.92 Å². The van der Waals surface area contributed by atoms with Gasteiger partial charge in [-0.2, -0.15) is 4.72 Å². The van der Waals surface area contributed by atoms with Crippen molar-refractivity contribution in [2.45, 2.75) is 17.9 Å². The van der Waals surface area contributed by atoms with E-state index in [4.69, 9.17) is 16.3 Å². The van der Waals surface area contributed by atoms with Crippen molar-refractivity contribution < 1.29 is 17.9 Å². The third-order valence-corrected chi connectivity index (χ3v) is 5.82. The highest BCUT2D eigenvalue weighted by molar-refractivity contribution is 14.1. The summed E-state index contributed by atoms with van der Waals surface area (Å²) >= 11 is 8.11. The van der Waals surface area contributed by atoms with Crippen molar-refractivity contribution in [1.29, 1.82) is 0 Å². The number of amides is 1. The van der Waals surface area contributed by atoms with Gasteiger partial charge in [0.2, 0.25) is 15.9 Å². The van der Waals surface area contributed by atoms with Crippen LogP contribution in [0.25, 0.3) is 0 Å². The fourth-order valence-corrected chi connectivity index (χ4v) is 3.86. The molecule has 9 heteroatoms. The SMILES string of the molecule is COc1ccc(S(=O)(=O)N[C@@H](C)C(=O)Nc2ccc(I)cc2)cc1Cl. The van der Waals surface area contributed by atoms with Crippen molar-refractivity contribution in [2.24, 2.45) is 0 Å². The minimum absolute atomic E-state index is 0.0489. The summed E-state index contributed by atoms with van der Waals surface area (Å²) in [4.78, 5) is 12.1. The number of anilines is 1. The molecule has 0 spiro atoms. The lowest BCUT2D eigenvalue weighted by molar-refractivity contribution is -0.117. The number of benzene rings is 2. The summed E-state index contributed by atoms with van der Waals surface area (Å²) in [6.07, 6.45) is 0. The molecule has 0 fully saturated rings. The van der Waals surface area contributed by atoms with Gasteiger partial charge in [-0.15, -0.1) is 0 Å². The van der Waals surface area contributed by atoms with Gasteiger partial charge in [-0.25, -0.2) is 8.42 Å². The highest BCUT2D eigenvalue weighted by Crippen LogP contribution is 2.27. The van der Waals surface area contributed by atoms with E-state index < -0.39 is 22.0 Å². The van der Waals surface area contributed by atoms with Crippen molar-refractivity contribution in [2.75, 3.05) is 12.4 Å². The van der Waals surface area contributed by atoms with Crippen molar-refractivity contribution in [1.82, 2.24) is 4.72 Å². The molecular weight excluding hydrogens is 479 g/mol. The van der Waals surface area contributed by atoms with E-state index in [0.717, 1.165) is 3.57 Å². The lowest BCUT2D eigenvalue weighted by Gasteiger charge is -2.15. The molecule has 2 aromatic carbocycles. The van der Waals surface area contributed by atoms with Gasteiger partial charge in [0.25, 0.3) is 0 Å². The van der Waals surface area contributed by atoms with E-state index in [1.165, 1.54) is 32.2 Å². The maximum atomic E-state index is 12.4. The molecule has 0 aliphatic carbocycles. The van der Waals surface area contributed by atoms with Crippen LogP contribution < -0.4 is 14.8 Å². The Bertz CT molecular complexity index is 872. The molecule has 2 N–H and O–H groups in total. The first-order valence-electron chi connectivity index (χ1n) is 7.15. The summed E-state index contributed by atoms with van der Waals surface area (Å²) in [7, 11) is -2.47. The minimum atomic E-state index is -3.90. The smallest absolute Gasteiger partial charge is 0.242 e. The zero-order chi connectivity index (χ0) is 18.6. The first-order valence-corrected chi connectivity index (χ1v) is 10.1. The average Bonchev–Trinajstić information content (AvgIpc) is 2.56. The molecule has 25 heavy (non-hydrogen) atoms. The zero-order valence-corrected chi connectivity index (χ0v) is 17.1. The van der Waals surface area contributed by atoms with Gasteiger partial charge in [-0.05, 0) is 72.0 Å². The summed E-state index contributed by atoms with van der Waals surface area (Å²) in [5.74, 6) is -0.102. The molecule has 1 atom stereocenters. The fraction of sp³-hybridized carbons (Fsp3) is 0.188. The Balaban J connectivity index is 2.09. The highest BCUT2D eigenvalue weighted by atomic mass is 127. The van der Waals surface area contributed by atoms with Crippen LogP contribution in [0.5, 0.6) is 5.75 Å². The average molecular weight is 495 g/mol. The van der Waals surface area contributed by atoms with Crippen LogP contribution in [0.4, 0.5) is 5.69 Å². The Hall–Kier alpha value is -1.36.